The highest BCUT2D eigenvalue weighted by Crippen LogP contribution is 2.13. The van der Waals surface area contributed by atoms with Crippen molar-refractivity contribution in [3.63, 3.8) is 0 Å². The summed E-state index contributed by atoms with van der Waals surface area (Å²) in [4.78, 5) is 22.9. The van der Waals surface area contributed by atoms with Crippen molar-refractivity contribution in [2.24, 2.45) is 0 Å². The Kier molecular flexibility index (Phi) is 4.67. The van der Waals surface area contributed by atoms with Crippen molar-refractivity contribution in [2.45, 2.75) is 12.8 Å². The molecule has 2 aromatic carbocycles. The first-order valence-corrected chi connectivity index (χ1v) is 6.67. The van der Waals surface area contributed by atoms with Gasteiger partial charge < -0.3 is 5.11 Å². The molecule has 0 bridgehead atoms. The maximum atomic E-state index is 12.2. The van der Waals surface area contributed by atoms with Crippen LogP contribution in [0, 0.1) is 0 Å². The van der Waals surface area contributed by atoms with E-state index in [2.05, 4.69) is 6.58 Å². The maximum absolute atomic E-state index is 12.2. The van der Waals surface area contributed by atoms with Gasteiger partial charge >= 0.3 is 5.97 Å². The molecule has 0 heterocycles. The van der Waals surface area contributed by atoms with E-state index in [0.29, 0.717) is 24.0 Å². The number of carbonyl (C=O) groups is 2. The highest BCUT2D eigenvalue weighted by molar-refractivity contribution is 6.08. The van der Waals surface area contributed by atoms with Crippen LogP contribution in [0.2, 0.25) is 0 Å². The highest BCUT2D eigenvalue weighted by atomic mass is 16.4. The first kappa shape index (κ1) is 14.7. The molecular formula is C18H16O3. The van der Waals surface area contributed by atoms with Crippen molar-refractivity contribution < 1.29 is 14.7 Å². The van der Waals surface area contributed by atoms with Crippen LogP contribution < -0.4 is 0 Å². The molecule has 0 fully saturated rings. The van der Waals surface area contributed by atoms with Crippen molar-refractivity contribution in [1.82, 2.24) is 0 Å². The number of carboxylic acid groups (broad SMARTS) is 1. The van der Waals surface area contributed by atoms with E-state index >= 15 is 0 Å². The van der Waals surface area contributed by atoms with Crippen molar-refractivity contribution in [3.8, 4) is 0 Å². The van der Waals surface area contributed by atoms with Gasteiger partial charge in [-0.05, 0) is 18.4 Å². The van der Waals surface area contributed by atoms with E-state index in [1.165, 1.54) is 0 Å². The Morgan fingerprint density at radius 2 is 1.48 bits per heavy atom. The first-order valence-electron chi connectivity index (χ1n) is 6.67. The Morgan fingerprint density at radius 1 is 0.905 bits per heavy atom. The molecule has 1 N–H and O–H groups in total. The largest absolute Gasteiger partial charge is 0.478 e. The van der Waals surface area contributed by atoms with E-state index in [-0.39, 0.29) is 11.4 Å². The molecule has 0 aliphatic heterocycles. The molecular weight excluding hydrogens is 264 g/mol. The van der Waals surface area contributed by atoms with Crippen LogP contribution in [-0.4, -0.2) is 16.9 Å². The number of benzene rings is 2. The predicted molar refractivity (Wildman–Crippen MR) is 81.4 cm³/mol. The summed E-state index contributed by atoms with van der Waals surface area (Å²) in [5, 5.41) is 8.76. The summed E-state index contributed by atoms with van der Waals surface area (Å²) in [6.07, 6.45) is 1.01. The second-order valence-electron chi connectivity index (χ2n) is 4.80. The minimum atomic E-state index is -0.967. The molecule has 0 unspecified atom stereocenters. The molecule has 0 spiro atoms. The lowest BCUT2D eigenvalue weighted by Gasteiger charge is -2.04. The van der Waals surface area contributed by atoms with Gasteiger partial charge in [0.05, 0.1) is 0 Å². The van der Waals surface area contributed by atoms with E-state index in [9.17, 15) is 9.59 Å². The smallest absolute Gasteiger partial charge is 0.330 e. The van der Waals surface area contributed by atoms with Gasteiger partial charge in [0.1, 0.15) is 0 Å². The maximum Gasteiger partial charge on any atom is 0.330 e. The number of hydrogen-bond donors (Lipinski definition) is 1. The molecule has 0 radical (unpaired) electrons. The molecule has 0 saturated carbocycles. The average molecular weight is 280 g/mol. The van der Waals surface area contributed by atoms with E-state index in [4.69, 9.17) is 5.11 Å². The number of rotatable bonds is 6. The van der Waals surface area contributed by atoms with Crippen LogP contribution in [-0.2, 0) is 11.2 Å². The van der Waals surface area contributed by atoms with Gasteiger partial charge in [-0.3, -0.25) is 4.79 Å². The molecule has 0 amide bonds. The van der Waals surface area contributed by atoms with Crippen molar-refractivity contribution in [2.75, 3.05) is 0 Å². The Hall–Kier alpha value is -2.68. The summed E-state index contributed by atoms with van der Waals surface area (Å²) >= 11 is 0. The normalized spacial score (nSPS) is 10.1. The van der Waals surface area contributed by atoms with Crippen LogP contribution in [0.15, 0.2) is 66.7 Å². The van der Waals surface area contributed by atoms with E-state index in [0.717, 1.165) is 5.56 Å². The molecule has 3 heteroatoms. The summed E-state index contributed by atoms with van der Waals surface area (Å²) in [7, 11) is 0. The van der Waals surface area contributed by atoms with Crippen LogP contribution >= 0.6 is 0 Å². The molecule has 106 valence electrons. The molecule has 0 aliphatic carbocycles. The summed E-state index contributed by atoms with van der Waals surface area (Å²) in [6, 6.07) is 16.4. The lowest BCUT2D eigenvalue weighted by atomic mass is 10.00. The Bertz CT molecular complexity index is 655. The lowest BCUT2D eigenvalue weighted by molar-refractivity contribution is -0.132. The molecule has 2 aromatic rings. The van der Waals surface area contributed by atoms with E-state index in [1.807, 2.05) is 30.3 Å². The molecule has 21 heavy (non-hydrogen) atoms. The van der Waals surface area contributed by atoms with E-state index < -0.39 is 5.97 Å². The summed E-state index contributed by atoms with van der Waals surface area (Å²) in [6.45, 7) is 3.50. The fourth-order valence-corrected chi connectivity index (χ4v) is 1.98. The number of carbonyl (C=O) groups excluding carboxylic acids is 1. The van der Waals surface area contributed by atoms with Gasteiger partial charge in [0, 0.05) is 16.7 Å². The molecule has 0 aromatic heterocycles. The SMILES string of the molecule is C=C(CCc1ccc(C(=O)c2ccccc2)cc1)C(=O)O. The van der Waals surface area contributed by atoms with Gasteiger partial charge in [-0.1, -0.05) is 61.2 Å². The van der Waals surface area contributed by atoms with Crippen LogP contribution in [0.1, 0.15) is 27.9 Å². The third kappa shape index (κ3) is 3.89. The number of carboxylic acids is 1. The Balaban J connectivity index is 2.04. The molecule has 0 saturated heterocycles. The van der Waals surface area contributed by atoms with Crippen LogP contribution in [0.25, 0.3) is 0 Å². The van der Waals surface area contributed by atoms with Crippen LogP contribution in [0.3, 0.4) is 0 Å². The number of ketones is 1. The number of hydrogen-bond acceptors (Lipinski definition) is 2. The van der Waals surface area contributed by atoms with Crippen molar-refractivity contribution >= 4 is 11.8 Å². The summed E-state index contributed by atoms with van der Waals surface area (Å²) in [5.74, 6) is -0.983. The average Bonchev–Trinajstić information content (AvgIpc) is 2.53. The zero-order valence-electron chi connectivity index (χ0n) is 11.6. The van der Waals surface area contributed by atoms with Gasteiger partial charge in [0.2, 0.25) is 0 Å². The highest BCUT2D eigenvalue weighted by Gasteiger charge is 2.09. The fourth-order valence-electron chi connectivity index (χ4n) is 1.98. The van der Waals surface area contributed by atoms with Gasteiger partial charge in [-0.25, -0.2) is 4.79 Å². The monoisotopic (exact) mass is 280 g/mol. The van der Waals surface area contributed by atoms with Gasteiger partial charge in [0.15, 0.2) is 5.78 Å². The minimum absolute atomic E-state index is 0.0166. The first-order chi connectivity index (χ1) is 10.1. The Labute approximate surface area is 123 Å². The van der Waals surface area contributed by atoms with Crippen molar-refractivity contribution in [3.05, 3.63) is 83.4 Å². The zero-order valence-corrected chi connectivity index (χ0v) is 11.6. The molecule has 3 nitrogen and oxygen atoms in total. The molecule has 0 atom stereocenters. The minimum Gasteiger partial charge on any atom is -0.478 e. The van der Waals surface area contributed by atoms with Crippen LogP contribution in [0.4, 0.5) is 0 Å². The van der Waals surface area contributed by atoms with Gasteiger partial charge in [0.25, 0.3) is 0 Å². The third-order valence-electron chi connectivity index (χ3n) is 3.27. The fraction of sp³-hybridized carbons (Fsp3) is 0.111. The summed E-state index contributed by atoms with van der Waals surface area (Å²) < 4.78 is 0. The van der Waals surface area contributed by atoms with Crippen molar-refractivity contribution in [1.29, 1.82) is 0 Å². The van der Waals surface area contributed by atoms with E-state index in [1.54, 1.807) is 24.3 Å². The van der Waals surface area contributed by atoms with Gasteiger partial charge in [-0.2, -0.15) is 0 Å². The quantitative estimate of drug-likeness (QED) is 0.651. The summed E-state index contributed by atoms with van der Waals surface area (Å²) in [5.41, 5.74) is 2.47. The number of aryl methyl sites for hydroxylation is 1. The number of aliphatic carboxylic acids is 1. The second-order valence-corrected chi connectivity index (χ2v) is 4.80. The molecule has 0 aliphatic rings. The van der Waals surface area contributed by atoms with Gasteiger partial charge in [-0.15, -0.1) is 0 Å². The zero-order chi connectivity index (χ0) is 15.2. The predicted octanol–water partition coefficient (Wildman–Crippen LogP) is 3.49. The standard InChI is InChI=1S/C18H16O3/c1-13(18(20)21)7-8-14-9-11-16(12-10-14)17(19)15-5-3-2-4-6-15/h2-6,9-12H,1,7-8H2,(H,20,21). The second kappa shape index (κ2) is 6.66. The molecule has 2 rings (SSSR count). The third-order valence-corrected chi connectivity index (χ3v) is 3.27. The topological polar surface area (TPSA) is 54.4 Å². The Morgan fingerprint density at radius 3 is 2.05 bits per heavy atom. The van der Waals surface area contributed by atoms with Crippen LogP contribution in [0.5, 0.6) is 0 Å². The lowest BCUT2D eigenvalue weighted by Crippen LogP contribution is -2.02.